The molecule has 2 aliphatic rings. The molecular formula is C25H27N3O4. The number of carbonyl (C=O) groups excluding carboxylic acids is 2. The van der Waals surface area contributed by atoms with Gasteiger partial charge >= 0.3 is 0 Å². The summed E-state index contributed by atoms with van der Waals surface area (Å²) >= 11 is 0. The molecule has 2 aliphatic heterocycles. The summed E-state index contributed by atoms with van der Waals surface area (Å²) in [5.74, 6) is 1.27. The molecule has 166 valence electrons. The van der Waals surface area contributed by atoms with Gasteiger partial charge in [0.1, 0.15) is 6.61 Å². The molecule has 1 saturated heterocycles. The van der Waals surface area contributed by atoms with Gasteiger partial charge in [0, 0.05) is 37.3 Å². The lowest BCUT2D eigenvalue weighted by Gasteiger charge is -2.36. The first-order valence-corrected chi connectivity index (χ1v) is 11.0. The quantitative estimate of drug-likeness (QED) is 0.636. The second-order valence-electron chi connectivity index (χ2n) is 8.42. The van der Waals surface area contributed by atoms with Crippen LogP contribution in [0.15, 0.2) is 48.5 Å². The Hall–Kier alpha value is -3.32. The topological polar surface area (TPSA) is 64.0 Å². The number of hydrogen-bond donors (Lipinski definition) is 0. The number of carbonyl (C=O) groups is 2. The Bertz CT molecular complexity index is 1180. The highest BCUT2D eigenvalue weighted by Gasteiger charge is 2.33. The van der Waals surface area contributed by atoms with Crippen molar-refractivity contribution in [1.82, 2.24) is 14.4 Å². The van der Waals surface area contributed by atoms with Crippen molar-refractivity contribution < 1.29 is 19.1 Å². The molecule has 1 amide bonds. The van der Waals surface area contributed by atoms with Gasteiger partial charge in [0.2, 0.25) is 12.0 Å². The summed E-state index contributed by atoms with van der Waals surface area (Å²) in [7, 11) is 0. The molecule has 0 spiro atoms. The Balaban J connectivity index is 1.20. The molecular weight excluding hydrogens is 406 g/mol. The van der Waals surface area contributed by atoms with Crippen molar-refractivity contribution in [3.63, 3.8) is 0 Å². The van der Waals surface area contributed by atoms with Crippen LogP contribution < -0.4 is 9.47 Å². The summed E-state index contributed by atoms with van der Waals surface area (Å²) in [5.41, 5.74) is 3.08. The number of benzene rings is 2. The van der Waals surface area contributed by atoms with Gasteiger partial charge in [-0.05, 0) is 37.6 Å². The Morgan fingerprint density at radius 1 is 0.938 bits per heavy atom. The van der Waals surface area contributed by atoms with E-state index in [0.29, 0.717) is 44.2 Å². The van der Waals surface area contributed by atoms with E-state index in [9.17, 15) is 9.59 Å². The van der Waals surface area contributed by atoms with Crippen LogP contribution in [0.3, 0.4) is 0 Å². The molecule has 0 saturated carbocycles. The third kappa shape index (κ3) is 3.62. The second kappa shape index (κ2) is 8.31. The molecule has 3 aromatic rings. The number of ether oxygens (including phenoxy) is 2. The predicted molar refractivity (Wildman–Crippen MR) is 121 cm³/mol. The fraction of sp³-hybridized carbons (Fsp3) is 0.360. The van der Waals surface area contributed by atoms with Gasteiger partial charge in [0.05, 0.1) is 12.1 Å². The summed E-state index contributed by atoms with van der Waals surface area (Å²) in [6, 6.07) is 15.4. The van der Waals surface area contributed by atoms with Gasteiger partial charge in [-0.15, -0.1) is 0 Å². The molecule has 1 aromatic heterocycles. The zero-order valence-corrected chi connectivity index (χ0v) is 18.4. The maximum absolute atomic E-state index is 13.1. The highest BCUT2D eigenvalue weighted by Crippen LogP contribution is 2.31. The van der Waals surface area contributed by atoms with E-state index >= 15 is 0 Å². The van der Waals surface area contributed by atoms with E-state index < -0.39 is 6.10 Å². The summed E-state index contributed by atoms with van der Waals surface area (Å²) < 4.78 is 13.4. The average molecular weight is 434 g/mol. The summed E-state index contributed by atoms with van der Waals surface area (Å²) in [4.78, 5) is 30.0. The van der Waals surface area contributed by atoms with E-state index in [1.54, 1.807) is 0 Å². The van der Waals surface area contributed by atoms with Crippen molar-refractivity contribution in [3.05, 3.63) is 59.8 Å². The molecule has 5 rings (SSSR count). The van der Waals surface area contributed by atoms with Gasteiger partial charge in [-0.3, -0.25) is 19.1 Å². The van der Waals surface area contributed by atoms with Crippen molar-refractivity contribution in [2.45, 2.75) is 20.0 Å². The van der Waals surface area contributed by atoms with Crippen LogP contribution in [0.4, 0.5) is 0 Å². The predicted octanol–water partition coefficient (Wildman–Crippen LogP) is 2.88. The molecule has 0 aliphatic carbocycles. The Kier molecular flexibility index (Phi) is 5.35. The van der Waals surface area contributed by atoms with E-state index in [2.05, 4.69) is 17.9 Å². The van der Waals surface area contributed by atoms with Crippen LogP contribution >= 0.6 is 0 Å². The Morgan fingerprint density at radius 2 is 1.62 bits per heavy atom. The largest absolute Gasteiger partial charge is 0.485 e. The minimum atomic E-state index is -0.630. The lowest BCUT2D eigenvalue weighted by Crippen LogP contribution is -2.54. The van der Waals surface area contributed by atoms with Gasteiger partial charge < -0.3 is 14.4 Å². The van der Waals surface area contributed by atoms with E-state index in [-0.39, 0.29) is 18.4 Å². The standard InChI is InChI=1S/C25H27N3O4/c1-17-18(2)28(20-8-4-3-7-19(17)20)24(29)15-26-11-13-27(14-12-26)25(30)23-16-31-21-9-5-6-10-22(21)32-23/h3-10,23H,11-16H2,1-2H3/t23-/m1/s1. The minimum absolute atomic E-state index is 0.0617. The molecule has 7 heteroatoms. The normalized spacial score (nSPS) is 18.7. The van der Waals surface area contributed by atoms with E-state index in [4.69, 9.17) is 9.47 Å². The van der Waals surface area contributed by atoms with Crippen molar-refractivity contribution >= 4 is 22.7 Å². The number of aromatic nitrogens is 1. The van der Waals surface area contributed by atoms with Crippen molar-refractivity contribution in [2.75, 3.05) is 39.3 Å². The number of rotatable bonds is 3. The Labute approximate surface area is 187 Å². The lowest BCUT2D eigenvalue weighted by molar-refractivity contribution is -0.142. The highest BCUT2D eigenvalue weighted by atomic mass is 16.6. The van der Waals surface area contributed by atoms with Crippen LogP contribution in [0.1, 0.15) is 16.1 Å². The number of amides is 1. The van der Waals surface area contributed by atoms with Gasteiger partial charge in [-0.2, -0.15) is 0 Å². The molecule has 7 nitrogen and oxygen atoms in total. The van der Waals surface area contributed by atoms with Crippen molar-refractivity contribution in [1.29, 1.82) is 0 Å². The third-order valence-electron chi connectivity index (χ3n) is 6.50. The molecule has 0 unspecified atom stereocenters. The highest BCUT2D eigenvalue weighted by molar-refractivity contribution is 5.96. The van der Waals surface area contributed by atoms with Crippen LogP contribution in [0.25, 0.3) is 10.9 Å². The van der Waals surface area contributed by atoms with Crippen LogP contribution in [-0.2, 0) is 4.79 Å². The summed E-state index contributed by atoms with van der Waals surface area (Å²) in [6.45, 7) is 7.04. The molecule has 0 N–H and O–H groups in total. The number of para-hydroxylation sites is 3. The fourth-order valence-corrected chi connectivity index (χ4v) is 4.58. The van der Waals surface area contributed by atoms with E-state index in [1.165, 1.54) is 0 Å². The second-order valence-corrected chi connectivity index (χ2v) is 8.42. The first-order valence-electron chi connectivity index (χ1n) is 11.0. The van der Waals surface area contributed by atoms with Crippen LogP contribution in [0.2, 0.25) is 0 Å². The number of aryl methyl sites for hydroxylation is 1. The van der Waals surface area contributed by atoms with Crippen molar-refractivity contribution in [2.24, 2.45) is 0 Å². The number of piperazine rings is 1. The maximum Gasteiger partial charge on any atom is 0.267 e. The smallest absolute Gasteiger partial charge is 0.267 e. The molecule has 3 heterocycles. The first-order chi connectivity index (χ1) is 15.5. The van der Waals surface area contributed by atoms with Crippen LogP contribution in [0, 0.1) is 13.8 Å². The van der Waals surface area contributed by atoms with Gasteiger partial charge in [-0.1, -0.05) is 30.3 Å². The van der Waals surface area contributed by atoms with Crippen LogP contribution in [-0.4, -0.2) is 71.6 Å². The lowest BCUT2D eigenvalue weighted by atomic mass is 10.2. The molecule has 1 atom stereocenters. The molecule has 0 radical (unpaired) electrons. The number of hydrogen-bond acceptors (Lipinski definition) is 5. The fourth-order valence-electron chi connectivity index (χ4n) is 4.58. The minimum Gasteiger partial charge on any atom is -0.485 e. The average Bonchev–Trinajstić information content (AvgIpc) is 3.09. The Morgan fingerprint density at radius 3 is 2.41 bits per heavy atom. The van der Waals surface area contributed by atoms with E-state index in [1.807, 2.05) is 58.9 Å². The zero-order valence-electron chi connectivity index (χ0n) is 18.4. The van der Waals surface area contributed by atoms with Gasteiger partial charge in [-0.25, -0.2) is 0 Å². The summed E-state index contributed by atoms with van der Waals surface area (Å²) in [6.07, 6.45) is -0.630. The molecule has 1 fully saturated rings. The number of nitrogens with zero attached hydrogens (tertiary/aromatic N) is 3. The zero-order chi connectivity index (χ0) is 22.2. The SMILES string of the molecule is Cc1c(C)n(C(=O)CN2CCN(C(=O)[C@H]3COc4ccccc4O3)CC2)c2ccccc12. The maximum atomic E-state index is 13.1. The molecule has 32 heavy (non-hydrogen) atoms. The van der Waals surface area contributed by atoms with Gasteiger partial charge in [0.15, 0.2) is 11.5 Å². The summed E-state index contributed by atoms with van der Waals surface area (Å²) in [5, 5.41) is 1.12. The molecule has 2 aromatic carbocycles. The molecule has 0 bridgehead atoms. The van der Waals surface area contributed by atoms with Crippen LogP contribution in [0.5, 0.6) is 11.5 Å². The van der Waals surface area contributed by atoms with Gasteiger partial charge in [0.25, 0.3) is 5.91 Å². The first kappa shape index (κ1) is 20.6. The van der Waals surface area contributed by atoms with Crippen molar-refractivity contribution in [3.8, 4) is 11.5 Å². The number of fused-ring (bicyclic) bond motifs is 2. The van der Waals surface area contributed by atoms with E-state index in [0.717, 1.165) is 22.2 Å². The monoisotopic (exact) mass is 433 g/mol. The third-order valence-corrected chi connectivity index (χ3v) is 6.50.